The predicted octanol–water partition coefficient (Wildman–Crippen LogP) is 1.41. The van der Waals surface area contributed by atoms with Crippen LogP contribution < -0.4 is 10.6 Å². The number of amides is 1. The van der Waals surface area contributed by atoms with Crippen molar-refractivity contribution >= 4 is 6.09 Å². The first kappa shape index (κ1) is 10.7. The Labute approximate surface area is 90.8 Å². The molecule has 0 aromatic carbocycles. The number of fused-ring (bicyclic) bond motifs is 2. The van der Waals surface area contributed by atoms with Crippen molar-refractivity contribution in [3.8, 4) is 0 Å². The van der Waals surface area contributed by atoms with Gasteiger partial charge in [0.15, 0.2) is 0 Å². The normalized spacial score (nSPS) is 34.2. The Morgan fingerprint density at radius 3 is 2.60 bits per heavy atom. The number of alkyl carbamates (subject to hydrolysis) is 1. The number of hydrogen-bond acceptors (Lipinski definition) is 3. The highest BCUT2D eigenvalue weighted by molar-refractivity contribution is 5.69. The standard InChI is InChI=1S/C11H20N2O2/c1-10(2,3)15-9(14)13-11-4-5-12-8(6-11)7-11/h8,12H,4-7H2,1-3H3,(H,13,14). The molecule has 2 aliphatic heterocycles. The van der Waals surface area contributed by atoms with Crippen LogP contribution in [0.2, 0.25) is 0 Å². The van der Waals surface area contributed by atoms with Crippen molar-refractivity contribution in [3.05, 3.63) is 0 Å². The lowest BCUT2D eigenvalue weighted by Gasteiger charge is -2.52. The van der Waals surface area contributed by atoms with E-state index >= 15 is 0 Å². The predicted molar refractivity (Wildman–Crippen MR) is 57.7 cm³/mol. The van der Waals surface area contributed by atoms with E-state index in [4.69, 9.17) is 4.74 Å². The summed E-state index contributed by atoms with van der Waals surface area (Å²) in [6.07, 6.45) is 2.84. The van der Waals surface area contributed by atoms with Gasteiger partial charge in [-0.25, -0.2) is 4.79 Å². The smallest absolute Gasteiger partial charge is 0.408 e. The Kier molecular flexibility index (Phi) is 2.41. The molecule has 3 rings (SSSR count). The van der Waals surface area contributed by atoms with Gasteiger partial charge in [0, 0.05) is 11.6 Å². The summed E-state index contributed by atoms with van der Waals surface area (Å²) in [6, 6.07) is 0.605. The molecule has 0 aromatic rings. The van der Waals surface area contributed by atoms with Crippen molar-refractivity contribution in [1.82, 2.24) is 10.6 Å². The number of carbonyl (C=O) groups is 1. The summed E-state index contributed by atoms with van der Waals surface area (Å²) in [4.78, 5) is 11.6. The van der Waals surface area contributed by atoms with Gasteiger partial charge in [-0.3, -0.25) is 0 Å². The molecule has 0 aromatic heterocycles. The summed E-state index contributed by atoms with van der Waals surface area (Å²) >= 11 is 0. The molecule has 0 radical (unpaired) electrons. The molecule has 2 N–H and O–H groups in total. The molecular weight excluding hydrogens is 192 g/mol. The second-order valence-electron chi connectivity index (χ2n) is 5.72. The van der Waals surface area contributed by atoms with Gasteiger partial charge in [-0.1, -0.05) is 0 Å². The van der Waals surface area contributed by atoms with Gasteiger partial charge in [-0.2, -0.15) is 0 Å². The lowest BCUT2D eigenvalue weighted by atomic mass is 9.67. The summed E-state index contributed by atoms with van der Waals surface area (Å²) in [6.45, 7) is 6.66. The number of carbonyl (C=O) groups excluding carboxylic acids is 1. The van der Waals surface area contributed by atoms with E-state index in [-0.39, 0.29) is 11.6 Å². The third-order valence-electron chi connectivity index (χ3n) is 3.08. The van der Waals surface area contributed by atoms with Crippen molar-refractivity contribution in [2.75, 3.05) is 6.54 Å². The van der Waals surface area contributed by atoms with Gasteiger partial charge in [0.05, 0.1) is 0 Å². The van der Waals surface area contributed by atoms with Crippen LogP contribution in [0.25, 0.3) is 0 Å². The first-order valence-corrected chi connectivity index (χ1v) is 5.63. The Balaban J connectivity index is 1.84. The fourth-order valence-electron chi connectivity index (χ4n) is 2.43. The quantitative estimate of drug-likeness (QED) is 0.691. The van der Waals surface area contributed by atoms with E-state index in [2.05, 4.69) is 10.6 Å². The molecule has 0 atom stereocenters. The molecule has 1 aliphatic carbocycles. The van der Waals surface area contributed by atoms with Crippen molar-refractivity contribution in [1.29, 1.82) is 0 Å². The Morgan fingerprint density at radius 1 is 1.47 bits per heavy atom. The third kappa shape index (κ3) is 2.43. The third-order valence-corrected chi connectivity index (χ3v) is 3.08. The molecule has 1 amide bonds. The van der Waals surface area contributed by atoms with Gasteiger partial charge in [-0.05, 0) is 46.6 Å². The first-order valence-electron chi connectivity index (χ1n) is 5.63. The van der Waals surface area contributed by atoms with Gasteiger partial charge in [0.1, 0.15) is 5.60 Å². The van der Waals surface area contributed by atoms with Crippen LogP contribution in [-0.2, 0) is 4.74 Å². The lowest BCUT2D eigenvalue weighted by molar-refractivity contribution is 0.0229. The van der Waals surface area contributed by atoms with Crippen molar-refractivity contribution in [2.24, 2.45) is 0 Å². The highest BCUT2D eigenvalue weighted by Crippen LogP contribution is 2.38. The van der Waals surface area contributed by atoms with E-state index in [0.29, 0.717) is 6.04 Å². The van der Waals surface area contributed by atoms with Crippen molar-refractivity contribution < 1.29 is 9.53 Å². The molecule has 3 fully saturated rings. The van der Waals surface area contributed by atoms with Crippen LogP contribution in [0.15, 0.2) is 0 Å². The molecule has 4 heteroatoms. The second-order valence-corrected chi connectivity index (χ2v) is 5.72. The van der Waals surface area contributed by atoms with Crippen LogP contribution in [-0.4, -0.2) is 29.8 Å². The van der Waals surface area contributed by atoms with Crippen LogP contribution in [0.3, 0.4) is 0 Å². The van der Waals surface area contributed by atoms with E-state index in [1.54, 1.807) is 0 Å². The number of ether oxygens (including phenoxy) is 1. The van der Waals surface area contributed by atoms with E-state index in [1.807, 2.05) is 20.8 Å². The van der Waals surface area contributed by atoms with Crippen molar-refractivity contribution in [2.45, 2.75) is 57.2 Å². The van der Waals surface area contributed by atoms with Gasteiger partial charge >= 0.3 is 6.09 Å². The Hall–Kier alpha value is -0.770. The summed E-state index contributed by atoms with van der Waals surface area (Å²) in [5, 5.41) is 6.42. The summed E-state index contributed by atoms with van der Waals surface area (Å²) in [5.74, 6) is 0. The molecule has 0 unspecified atom stereocenters. The monoisotopic (exact) mass is 212 g/mol. The van der Waals surface area contributed by atoms with Gasteiger partial charge in [0.2, 0.25) is 0 Å². The minimum atomic E-state index is -0.406. The van der Waals surface area contributed by atoms with E-state index in [9.17, 15) is 4.79 Å². The zero-order valence-corrected chi connectivity index (χ0v) is 9.72. The molecule has 15 heavy (non-hydrogen) atoms. The summed E-state index contributed by atoms with van der Waals surface area (Å²) < 4.78 is 5.26. The van der Waals surface area contributed by atoms with Crippen LogP contribution in [0, 0.1) is 0 Å². The fraction of sp³-hybridized carbons (Fsp3) is 0.909. The molecule has 1 saturated carbocycles. The highest BCUT2D eigenvalue weighted by atomic mass is 16.6. The maximum absolute atomic E-state index is 11.6. The average molecular weight is 212 g/mol. The van der Waals surface area contributed by atoms with Crippen LogP contribution in [0.5, 0.6) is 0 Å². The SMILES string of the molecule is CC(C)(C)OC(=O)NC12CCNC(C1)C2. The largest absolute Gasteiger partial charge is 0.444 e. The van der Waals surface area contributed by atoms with Gasteiger partial charge < -0.3 is 15.4 Å². The molecule has 2 saturated heterocycles. The lowest BCUT2D eigenvalue weighted by Crippen LogP contribution is -2.68. The van der Waals surface area contributed by atoms with Crippen LogP contribution >= 0.6 is 0 Å². The highest BCUT2D eigenvalue weighted by Gasteiger charge is 2.48. The minimum Gasteiger partial charge on any atom is -0.444 e. The molecule has 2 bridgehead atoms. The minimum absolute atomic E-state index is 0.0260. The van der Waals surface area contributed by atoms with Gasteiger partial charge in [-0.15, -0.1) is 0 Å². The number of hydrogen-bond donors (Lipinski definition) is 2. The fourth-order valence-corrected chi connectivity index (χ4v) is 2.43. The van der Waals surface area contributed by atoms with Crippen molar-refractivity contribution in [3.63, 3.8) is 0 Å². The number of rotatable bonds is 1. The first-order chi connectivity index (χ1) is 6.89. The molecular formula is C11H20N2O2. The second kappa shape index (κ2) is 3.37. The van der Waals surface area contributed by atoms with Gasteiger partial charge in [0.25, 0.3) is 0 Å². The molecule has 0 spiro atoms. The maximum Gasteiger partial charge on any atom is 0.408 e. The zero-order valence-electron chi connectivity index (χ0n) is 9.72. The van der Waals surface area contributed by atoms with E-state index in [1.165, 1.54) is 0 Å². The molecule has 86 valence electrons. The van der Waals surface area contributed by atoms with Crippen LogP contribution in [0.1, 0.15) is 40.0 Å². The Morgan fingerprint density at radius 2 is 2.13 bits per heavy atom. The topological polar surface area (TPSA) is 50.4 Å². The summed E-state index contributed by atoms with van der Waals surface area (Å²) in [7, 11) is 0. The molecule has 3 aliphatic rings. The average Bonchev–Trinajstić information content (AvgIpc) is 1.98. The molecule has 4 nitrogen and oxygen atoms in total. The zero-order chi connectivity index (χ0) is 11.1. The maximum atomic E-state index is 11.6. The molecule has 2 heterocycles. The van der Waals surface area contributed by atoms with E-state index < -0.39 is 5.60 Å². The number of nitrogens with one attached hydrogen (secondary N) is 2. The van der Waals surface area contributed by atoms with Crippen LogP contribution in [0.4, 0.5) is 4.79 Å². The Bertz CT molecular complexity index is 259. The van der Waals surface area contributed by atoms with E-state index in [0.717, 1.165) is 25.8 Å². The summed E-state index contributed by atoms with van der Waals surface area (Å²) in [5.41, 5.74) is -0.380. The number of piperidine rings is 2.